The van der Waals surface area contributed by atoms with Gasteiger partial charge in [-0.2, -0.15) is 0 Å². The molecule has 0 saturated carbocycles. The van der Waals surface area contributed by atoms with Crippen LogP contribution in [0.1, 0.15) is 63.9 Å². The average molecular weight is 353 g/mol. The van der Waals surface area contributed by atoms with Gasteiger partial charge in [-0.25, -0.2) is 4.79 Å². The lowest BCUT2D eigenvalue weighted by atomic mass is 9.88. The molecule has 4 heteroatoms. The topological polar surface area (TPSA) is 48.3 Å². The van der Waals surface area contributed by atoms with Crippen molar-refractivity contribution >= 4 is 28.4 Å². The van der Waals surface area contributed by atoms with Crippen LogP contribution in [0.4, 0.5) is 0 Å². The number of hydrogen-bond donors (Lipinski definition) is 0. The number of ether oxygens (including phenoxy) is 1. The lowest BCUT2D eigenvalue weighted by molar-refractivity contribution is -0.148. The highest BCUT2D eigenvalue weighted by Crippen LogP contribution is 2.38. The summed E-state index contributed by atoms with van der Waals surface area (Å²) in [7, 11) is 0. The molecule has 0 atom stereocenters. The quantitative estimate of drug-likeness (QED) is 0.535. The van der Waals surface area contributed by atoms with Crippen molar-refractivity contribution in [1.29, 1.82) is 0 Å². The number of benzene rings is 1. The molecule has 0 amide bonds. The van der Waals surface area contributed by atoms with Crippen LogP contribution in [0.15, 0.2) is 30.5 Å². The summed E-state index contributed by atoms with van der Waals surface area (Å²) in [6.07, 6.45) is 5.14. The van der Waals surface area contributed by atoms with Crippen molar-refractivity contribution in [3.8, 4) is 0 Å². The zero-order valence-corrected chi connectivity index (χ0v) is 16.5. The predicted molar refractivity (Wildman–Crippen MR) is 104 cm³/mol. The minimum atomic E-state index is -0.511. The average Bonchev–Trinajstić information content (AvgIpc) is 2.87. The molecule has 138 valence electrons. The van der Waals surface area contributed by atoms with E-state index in [0.29, 0.717) is 0 Å². The summed E-state index contributed by atoms with van der Waals surface area (Å²) in [5.74, 6) is -0.247. The van der Waals surface area contributed by atoms with Gasteiger partial charge in [-0.1, -0.05) is 32.9 Å². The maximum Gasteiger partial charge on any atom is 0.331 e. The molecule has 1 aromatic carbocycles. The van der Waals surface area contributed by atoms with E-state index < -0.39 is 11.0 Å². The van der Waals surface area contributed by atoms with Crippen molar-refractivity contribution in [2.75, 3.05) is 0 Å². The summed E-state index contributed by atoms with van der Waals surface area (Å²) >= 11 is 0. The first kappa shape index (κ1) is 18.4. The maximum atomic E-state index is 12.8. The molecule has 3 rings (SSSR count). The SMILES string of the molecule is CC(C)(C)OC(=O)/C=C1\CCc2cn(C(=O)C(C)(C)C)c3cccc1c23. The predicted octanol–water partition coefficient (Wildman–Crippen LogP) is 5.00. The van der Waals surface area contributed by atoms with E-state index in [1.807, 2.05) is 65.9 Å². The van der Waals surface area contributed by atoms with E-state index in [2.05, 4.69) is 0 Å². The van der Waals surface area contributed by atoms with E-state index in [1.165, 1.54) is 0 Å². The van der Waals surface area contributed by atoms with Gasteiger partial charge in [0.15, 0.2) is 0 Å². The number of rotatable bonds is 1. The molecule has 0 aliphatic heterocycles. The van der Waals surface area contributed by atoms with E-state index >= 15 is 0 Å². The zero-order valence-electron chi connectivity index (χ0n) is 16.5. The van der Waals surface area contributed by atoms with Crippen molar-refractivity contribution in [2.24, 2.45) is 5.41 Å². The van der Waals surface area contributed by atoms with Crippen LogP contribution in [0.3, 0.4) is 0 Å². The minimum Gasteiger partial charge on any atom is -0.457 e. The number of aromatic nitrogens is 1. The van der Waals surface area contributed by atoms with Gasteiger partial charge >= 0.3 is 5.97 Å². The molecular weight excluding hydrogens is 326 g/mol. The number of aryl methyl sites for hydroxylation is 1. The maximum absolute atomic E-state index is 12.8. The van der Waals surface area contributed by atoms with Gasteiger partial charge in [0.25, 0.3) is 0 Å². The Morgan fingerprint density at radius 3 is 2.38 bits per heavy atom. The Balaban J connectivity index is 2.09. The highest BCUT2D eigenvalue weighted by Gasteiger charge is 2.28. The first-order valence-electron chi connectivity index (χ1n) is 9.09. The molecular formula is C22H27NO3. The molecule has 0 radical (unpaired) electrons. The molecule has 1 aromatic heterocycles. The number of nitrogens with zero attached hydrogens (tertiary/aromatic N) is 1. The Labute approximate surface area is 154 Å². The summed E-state index contributed by atoms with van der Waals surface area (Å²) in [5.41, 5.74) is 3.10. The summed E-state index contributed by atoms with van der Waals surface area (Å²) in [6.45, 7) is 11.4. The van der Waals surface area contributed by atoms with E-state index in [0.717, 1.165) is 40.4 Å². The largest absolute Gasteiger partial charge is 0.457 e. The fraction of sp³-hybridized carbons (Fsp3) is 0.455. The third-order valence-corrected chi connectivity index (χ3v) is 4.48. The zero-order chi connectivity index (χ0) is 19.3. The Bertz CT molecular complexity index is 917. The number of carbonyl (C=O) groups excluding carboxylic acids is 2. The molecule has 0 bridgehead atoms. The third-order valence-electron chi connectivity index (χ3n) is 4.48. The number of allylic oxidation sites excluding steroid dienone is 1. The van der Waals surface area contributed by atoms with Crippen molar-refractivity contribution in [3.05, 3.63) is 41.6 Å². The van der Waals surface area contributed by atoms with Gasteiger partial charge < -0.3 is 4.74 Å². The lowest BCUT2D eigenvalue weighted by Gasteiger charge is -2.20. The lowest BCUT2D eigenvalue weighted by Crippen LogP contribution is -2.26. The van der Waals surface area contributed by atoms with E-state index in [4.69, 9.17) is 4.74 Å². The van der Waals surface area contributed by atoms with E-state index in [1.54, 1.807) is 10.6 Å². The smallest absolute Gasteiger partial charge is 0.331 e. The van der Waals surface area contributed by atoms with Crippen LogP contribution >= 0.6 is 0 Å². The summed E-state index contributed by atoms with van der Waals surface area (Å²) in [4.78, 5) is 25.1. The standard InChI is InChI=1S/C22H27NO3/c1-21(2,3)20(25)23-13-15-11-10-14(12-18(24)26-22(4,5)6)16-8-7-9-17(23)19(15)16/h7-9,12-13H,10-11H2,1-6H3/b14-12+. The normalized spacial score (nSPS) is 16.2. The number of esters is 1. The van der Waals surface area contributed by atoms with Crippen molar-refractivity contribution in [1.82, 2.24) is 4.57 Å². The van der Waals surface area contributed by atoms with Crippen LogP contribution in [-0.2, 0) is 16.0 Å². The molecule has 4 nitrogen and oxygen atoms in total. The molecule has 2 aromatic rings. The van der Waals surface area contributed by atoms with Gasteiger partial charge in [0.2, 0.25) is 5.91 Å². The van der Waals surface area contributed by atoms with Crippen molar-refractivity contribution < 1.29 is 14.3 Å². The van der Waals surface area contributed by atoms with Crippen molar-refractivity contribution in [3.63, 3.8) is 0 Å². The van der Waals surface area contributed by atoms with E-state index in [-0.39, 0.29) is 11.9 Å². The second kappa shape index (κ2) is 6.11. The number of carbonyl (C=O) groups is 2. The monoisotopic (exact) mass is 353 g/mol. The molecule has 0 N–H and O–H groups in total. The Kier molecular flexibility index (Phi) is 4.33. The van der Waals surface area contributed by atoms with Gasteiger partial charge in [-0.3, -0.25) is 9.36 Å². The summed E-state index contributed by atoms with van der Waals surface area (Å²) < 4.78 is 7.21. The Morgan fingerprint density at radius 1 is 1.08 bits per heavy atom. The van der Waals surface area contributed by atoms with Crippen molar-refractivity contribution in [2.45, 2.75) is 60.0 Å². The molecule has 0 saturated heterocycles. The molecule has 1 aliphatic carbocycles. The highest BCUT2D eigenvalue weighted by molar-refractivity contribution is 6.05. The van der Waals surface area contributed by atoms with Gasteiger partial charge in [0.1, 0.15) is 5.60 Å². The second-order valence-electron chi connectivity index (χ2n) is 8.98. The van der Waals surface area contributed by atoms with E-state index in [9.17, 15) is 9.59 Å². The van der Waals surface area contributed by atoms with Crippen LogP contribution in [0.25, 0.3) is 16.5 Å². The van der Waals surface area contributed by atoms with Gasteiger partial charge in [0, 0.05) is 23.1 Å². The van der Waals surface area contributed by atoms with Crippen LogP contribution in [0.5, 0.6) is 0 Å². The van der Waals surface area contributed by atoms with Gasteiger partial charge in [0.05, 0.1) is 5.52 Å². The van der Waals surface area contributed by atoms with Crippen LogP contribution in [0.2, 0.25) is 0 Å². The van der Waals surface area contributed by atoms with Gasteiger partial charge in [-0.05, 0) is 56.4 Å². The van der Waals surface area contributed by atoms with Crippen LogP contribution in [0, 0.1) is 5.41 Å². The van der Waals surface area contributed by atoms with Crippen LogP contribution < -0.4 is 0 Å². The fourth-order valence-electron chi connectivity index (χ4n) is 3.38. The molecule has 0 spiro atoms. The summed E-state index contributed by atoms with van der Waals surface area (Å²) in [6, 6.07) is 5.94. The minimum absolute atomic E-state index is 0.0745. The number of hydrogen-bond acceptors (Lipinski definition) is 3. The first-order chi connectivity index (χ1) is 12.0. The molecule has 1 aliphatic rings. The highest BCUT2D eigenvalue weighted by atomic mass is 16.6. The molecule has 1 heterocycles. The third kappa shape index (κ3) is 3.46. The Hall–Kier alpha value is -2.36. The summed E-state index contributed by atoms with van der Waals surface area (Å²) in [5, 5.41) is 1.08. The molecule has 0 fully saturated rings. The fourth-order valence-corrected chi connectivity index (χ4v) is 3.38. The second-order valence-corrected chi connectivity index (χ2v) is 8.98. The van der Waals surface area contributed by atoms with Crippen LogP contribution in [-0.4, -0.2) is 22.0 Å². The molecule has 0 unspecified atom stereocenters. The first-order valence-corrected chi connectivity index (χ1v) is 9.09. The van der Waals surface area contributed by atoms with Gasteiger partial charge in [-0.15, -0.1) is 0 Å². The Morgan fingerprint density at radius 2 is 1.77 bits per heavy atom. The molecule has 26 heavy (non-hydrogen) atoms.